The Morgan fingerprint density at radius 3 is 2.46 bits per heavy atom. The van der Waals surface area contributed by atoms with Crippen LogP contribution in [-0.4, -0.2) is 35.6 Å². The number of ether oxygens (including phenoxy) is 1. The lowest BCUT2D eigenvalue weighted by Crippen LogP contribution is -2.39. The highest BCUT2D eigenvalue weighted by Crippen LogP contribution is 2.56. The first-order valence-electron chi connectivity index (χ1n) is 12.9. The van der Waals surface area contributed by atoms with Gasteiger partial charge in [-0.25, -0.2) is 0 Å². The minimum Gasteiger partial charge on any atom is -0.508 e. The minimum absolute atomic E-state index is 0.00585. The number of nitrogens with zero attached hydrogens (tertiary/aromatic N) is 1. The average molecular weight is 522 g/mol. The second kappa shape index (κ2) is 9.05. The van der Waals surface area contributed by atoms with Crippen molar-refractivity contribution >= 4 is 35.1 Å². The molecule has 0 saturated carbocycles. The Hall–Kier alpha value is -4.52. The number of benzene rings is 2. The Morgan fingerprint density at radius 2 is 1.77 bits per heavy atom. The minimum atomic E-state index is -0.662. The standard InChI is InChI=1S/C32H27NO6/c1-4-17-5-7-18(8-6-17)33-31(37)22-12-11-20-23(28(22)32(33)38)15-24-29(25(35)13-16(2)30(24)36)27(20)21-10-9-19(34)14-26(21)39-3/h4-11,13-14,22-23,27-28,34H,1,12,15H2,2-3H3/t22-,23+,27+,28-/m0/s1. The van der Waals surface area contributed by atoms with E-state index in [4.69, 9.17) is 4.74 Å². The molecular formula is C32H27NO6. The molecule has 1 aliphatic heterocycles. The van der Waals surface area contributed by atoms with Crippen molar-refractivity contribution in [3.63, 3.8) is 0 Å². The van der Waals surface area contributed by atoms with Gasteiger partial charge in [-0.1, -0.05) is 42.5 Å². The summed E-state index contributed by atoms with van der Waals surface area (Å²) in [6, 6.07) is 11.8. The maximum absolute atomic E-state index is 14.0. The quantitative estimate of drug-likeness (QED) is 0.356. The van der Waals surface area contributed by atoms with Gasteiger partial charge in [0, 0.05) is 34.3 Å². The van der Waals surface area contributed by atoms with E-state index in [0.29, 0.717) is 40.1 Å². The molecule has 7 heteroatoms. The van der Waals surface area contributed by atoms with Crippen LogP contribution in [0.2, 0.25) is 0 Å². The van der Waals surface area contributed by atoms with Crippen molar-refractivity contribution < 1.29 is 29.0 Å². The third-order valence-electron chi connectivity index (χ3n) is 8.48. The molecule has 0 radical (unpaired) electrons. The number of phenols is 1. The number of carbonyl (C=O) groups excluding carboxylic acids is 4. The summed E-state index contributed by atoms with van der Waals surface area (Å²) in [5.41, 5.74) is 3.95. The van der Waals surface area contributed by atoms with Gasteiger partial charge in [0.15, 0.2) is 11.6 Å². The molecule has 2 aromatic carbocycles. The normalized spacial score (nSPS) is 26.1. The molecule has 6 rings (SSSR count). The molecule has 0 aromatic heterocycles. The van der Waals surface area contributed by atoms with Crippen LogP contribution in [0.15, 0.2) is 83.5 Å². The summed E-state index contributed by atoms with van der Waals surface area (Å²) in [6.45, 7) is 5.37. The van der Waals surface area contributed by atoms with Gasteiger partial charge in [0.05, 0.1) is 24.6 Å². The fourth-order valence-electron chi connectivity index (χ4n) is 6.69. The van der Waals surface area contributed by atoms with E-state index in [9.17, 15) is 24.3 Å². The van der Waals surface area contributed by atoms with Gasteiger partial charge in [-0.2, -0.15) is 0 Å². The molecule has 4 aliphatic rings. The second-order valence-electron chi connectivity index (χ2n) is 10.5. The van der Waals surface area contributed by atoms with E-state index < -0.39 is 23.7 Å². The van der Waals surface area contributed by atoms with Crippen molar-refractivity contribution in [1.82, 2.24) is 0 Å². The monoisotopic (exact) mass is 521 g/mol. The number of carbonyl (C=O) groups is 4. The number of rotatable bonds is 4. The number of aromatic hydroxyl groups is 1. The van der Waals surface area contributed by atoms with Crippen LogP contribution in [0, 0.1) is 17.8 Å². The van der Waals surface area contributed by atoms with Crippen LogP contribution in [0.1, 0.15) is 36.8 Å². The van der Waals surface area contributed by atoms with Crippen LogP contribution >= 0.6 is 0 Å². The van der Waals surface area contributed by atoms with Crippen LogP contribution in [0.25, 0.3) is 6.08 Å². The summed E-state index contributed by atoms with van der Waals surface area (Å²) in [7, 11) is 1.48. The molecule has 1 saturated heterocycles. The highest BCUT2D eigenvalue weighted by atomic mass is 16.5. The van der Waals surface area contributed by atoms with Gasteiger partial charge >= 0.3 is 0 Å². The number of fused-ring (bicyclic) bond motifs is 3. The lowest BCUT2D eigenvalue weighted by molar-refractivity contribution is -0.123. The SMILES string of the molecule is C=Cc1ccc(N2C(=O)[C@H]3[C@H](CC=C4[C@H](c5ccc(O)cc5OC)C5=C(C[C@H]43)C(=O)C(C)=CC5=O)C2=O)cc1. The maximum Gasteiger partial charge on any atom is 0.238 e. The first kappa shape index (κ1) is 24.8. The van der Waals surface area contributed by atoms with Gasteiger partial charge in [0.1, 0.15) is 11.5 Å². The number of Topliss-reactive ketones (excluding diaryl/α,β-unsaturated/α-hetero) is 1. The Bertz CT molecular complexity index is 1570. The van der Waals surface area contributed by atoms with E-state index in [1.165, 1.54) is 30.2 Å². The molecule has 3 aliphatic carbocycles. The number of amides is 2. The van der Waals surface area contributed by atoms with E-state index in [1.807, 2.05) is 6.08 Å². The molecule has 1 heterocycles. The van der Waals surface area contributed by atoms with Crippen molar-refractivity contribution in [2.24, 2.45) is 17.8 Å². The average Bonchev–Trinajstić information content (AvgIpc) is 3.20. The molecule has 2 amide bonds. The second-order valence-corrected chi connectivity index (χ2v) is 10.5. The van der Waals surface area contributed by atoms with Crippen LogP contribution < -0.4 is 9.64 Å². The molecule has 1 fully saturated rings. The molecule has 4 atom stereocenters. The number of imide groups is 1. The third-order valence-corrected chi connectivity index (χ3v) is 8.48. The molecule has 2 aromatic rings. The molecule has 0 bridgehead atoms. The number of allylic oxidation sites excluding steroid dienone is 6. The topological polar surface area (TPSA) is 101 Å². The number of methoxy groups -OCH3 is 1. The lowest BCUT2D eigenvalue weighted by Gasteiger charge is -2.42. The summed E-state index contributed by atoms with van der Waals surface area (Å²) in [6.07, 6.45) is 5.57. The van der Waals surface area contributed by atoms with Gasteiger partial charge in [-0.15, -0.1) is 0 Å². The van der Waals surface area contributed by atoms with E-state index in [2.05, 4.69) is 6.58 Å². The fourth-order valence-corrected chi connectivity index (χ4v) is 6.69. The van der Waals surface area contributed by atoms with E-state index in [0.717, 1.165) is 11.1 Å². The molecule has 0 spiro atoms. The zero-order chi connectivity index (χ0) is 27.6. The van der Waals surface area contributed by atoms with Gasteiger partial charge in [-0.3, -0.25) is 24.1 Å². The van der Waals surface area contributed by atoms with Crippen LogP contribution in [-0.2, 0) is 19.2 Å². The first-order chi connectivity index (χ1) is 18.7. The highest BCUT2D eigenvalue weighted by Gasteiger charge is 2.56. The van der Waals surface area contributed by atoms with Crippen molar-refractivity contribution in [3.8, 4) is 11.5 Å². The summed E-state index contributed by atoms with van der Waals surface area (Å²) in [5.74, 6) is -2.94. The molecule has 1 N–H and O–H groups in total. The van der Waals surface area contributed by atoms with Crippen LogP contribution in [0.4, 0.5) is 5.69 Å². The molecule has 7 nitrogen and oxygen atoms in total. The van der Waals surface area contributed by atoms with Gasteiger partial charge in [0.25, 0.3) is 0 Å². The summed E-state index contributed by atoms with van der Waals surface area (Å²) in [4.78, 5) is 55.6. The van der Waals surface area contributed by atoms with E-state index in [-0.39, 0.29) is 35.6 Å². The molecule has 0 unspecified atom stereocenters. The number of hydrogen-bond donors (Lipinski definition) is 1. The van der Waals surface area contributed by atoms with Gasteiger partial charge < -0.3 is 9.84 Å². The van der Waals surface area contributed by atoms with Crippen molar-refractivity contribution in [2.45, 2.75) is 25.7 Å². The summed E-state index contributed by atoms with van der Waals surface area (Å²) >= 11 is 0. The Kier molecular flexibility index (Phi) is 5.75. The number of hydrogen-bond acceptors (Lipinski definition) is 6. The predicted molar refractivity (Wildman–Crippen MR) is 145 cm³/mol. The van der Waals surface area contributed by atoms with Gasteiger partial charge in [0.2, 0.25) is 11.8 Å². The van der Waals surface area contributed by atoms with Crippen LogP contribution in [0.3, 0.4) is 0 Å². The van der Waals surface area contributed by atoms with E-state index >= 15 is 0 Å². The molecule has 196 valence electrons. The van der Waals surface area contributed by atoms with Crippen molar-refractivity contribution in [1.29, 1.82) is 0 Å². The number of phenolic OH excluding ortho intramolecular Hbond substituents is 1. The highest BCUT2D eigenvalue weighted by molar-refractivity contribution is 6.25. The fraction of sp³-hybridized carbons (Fsp3) is 0.250. The maximum atomic E-state index is 14.0. The summed E-state index contributed by atoms with van der Waals surface area (Å²) < 4.78 is 5.58. The van der Waals surface area contributed by atoms with Crippen LogP contribution in [0.5, 0.6) is 11.5 Å². The predicted octanol–water partition coefficient (Wildman–Crippen LogP) is 4.68. The zero-order valence-electron chi connectivity index (χ0n) is 21.6. The lowest BCUT2D eigenvalue weighted by atomic mass is 9.59. The number of ketones is 2. The third kappa shape index (κ3) is 3.64. The summed E-state index contributed by atoms with van der Waals surface area (Å²) in [5, 5.41) is 10.1. The largest absolute Gasteiger partial charge is 0.508 e. The Morgan fingerprint density at radius 1 is 1.03 bits per heavy atom. The van der Waals surface area contributed by atoms with Crippen molar-refractivity contribution in [2.75, 3.05) is 12.0 Å². The number of anilines is 1. The zero-order valence-corrected chi connectivity index (χ0v) is 21.6. The molecule has 39 heavy (non-hydrogen) atoms. The van der Waals surface area contributed by atoms with Crippen molar-refractivity contribution in [3.05, 3.63) is 94.6 Å². The van der Waals surface area contributed by atoms with E-state index in [1.54, 1.807) is 43.3 Å². The van der Waals surface area contributed by atoms with Gasteiger partial charge in [-0.05, 0) is 55.5 Å². The Labute approximate surface area is 225 Å². The first-order valence-corrected chi connectivity index (χ1v) is 12.9. The smallest absolute Gasteiger partial charge is 0.238 e. The molecular weight excluding hydrogens is 494 g/mol. The Balaban J connectivity index is 1.49.